The Kier molecular flexibility index (Phi) is 4.96. The van der Waals surface area contributed by atoms with Crippen LogP contribution in [0.25, 0.3) is 0 Å². The predicted molar refractivity (Wildman–Crippen MR) is 99.7 cm³/mol. The van der Waals surface area contributed by atoms with E-state index in [4.69, 9.17) is 0 Å². The average Bonchev–Trinajstić information content (AvgIpc) is 3.26. The molecule has 126 valence electrons. The Labute approximate surface area is 146 Å². The molecule has 2 aromatic rings. The van der Waals surface area contributed by atoms with Crippen molar-refractivity contribution < 1.29 is 0 Å². The van der Waals surface area contributed by atoms with E-state index in [9.17, 15) is 0 Å². The SMILES string of the molecule is c1ccc(CC2CCN(N3CCC(Cc4ccccc4)C3)C2)cc1. The molecule has 0 aliphatic carbocycles. The van der Waals surface area contributed by atoms with Gasteiger partial charge >= 0.3 is 0 Å². The van der Waals surface area contributed by atoms with Crippen LogP contribution in [0, 0.1) is 11.8 Å². The monoisotopic (exact) mass is 320 g/mol. The van der Waals surface area contributed by atoms with Crippen molar-refractivity contribution in [2.75, 3.05) is 26.2 Å². The van der Waals surface area contributed by atoms with E-state index < -0.39 is 0 Å². The molecule has 2 saturated heterocycles. The summed E-state index contributed by atoms with van der Waals surface area (Å²) in [6, 6.07) is 22.0. The van der Waals surface area contributed by atoms with Gasteiger partial charge in [0, 0.05) is 26.2 Å². The van der Waals surface area contributed by atoms with E-state index in [0.717, 1.165) is 11.8 Å². The van der Waals surface area contributed by atoms with Crippen LogP contribution >= 0.6 is 0 Å². The van der Waals surface area contributed by atoms with Crippen LogP contribution in [0.15, 0.2) is 60.7 Å². The smallest absolute Gasteiger partial charge is 0.0165 e. The van der Waals surface area contributed by atoms with Gasteiger partial charge in [-0.2, -0.15) is 0 Å². The second kappa shape index (κ2) is 7.50. The van der Waals surface area contributed by atoms with E-state index in [1.807, 2.05) is 0 Å². The van der Waals surface area contributed by atoms with E-state index in [-0.39, 0.29) is 0 Å². The van der Waals surface area contributed by atoms with Crippen LogP contribution in [0.4, 0.5) is 0 Å². The first-order valence-electron chi connectivity index (χ1n) is 9.44. The van der Waals surface area contributed by atoms with E-state index in [1.54, 1.807) is 0 Å². The maximum atomic E-state index is 2.64. The Morgan fingerprint density at radius 2 is 1.04 bits per heavy atom. The normalized spacial score (nSPS) is 25.3. The van der Waals surface area contributed by atoms with Crippen molar-refractivity contribution in [2.45, 2.75) is 25.7 Å². The summed E-state index contributed by atoms with van der Waals surface area (Å²) >= 11 is 0. The molecule has 2 fully saturated rings. The summed E-state index contributed by atoms with van der Waals surface area (Å²) in [6.45, 7) is 4.98. The van der Waals surface area contributed by atoms with E-state index >= 15 is 0 Å². The number of hydrazine groups is 1. The highest BCUT2D eigenvalue weighted by molar-refractivity contribution is 5.16. The molecule has 0 spiro atoms. The molecule has 0 radical (unpaired) electrons. The maximum Gasteiger partial charge on any atom is 0.0165 e. The minimum absolute atomic E-state index is 0.820. The Bertz CT molecular complexity index is 567. The van der Waals surface area contributed by atoms with Gasteiger partial charge in [0.25, 0.3) is 0 Å². The Hall–Kier alpha value is -1.64. The first kappa shape index (κ1) is 15.9. The first-order chi connectivity index (χ1) is 11.9. The van der Waals surface area contributed by atoms with Crippen molar-refractivity contribution in [3.05, 3.63) is 71.8 Å². The molecule has 4 rings (SSSR count). The van der Waals surface area contributed by atoms with Crippen LogP contribution in [-0.2, 0) is 12.8 Å². The van der Waals surface area contributed by atoms with Gasteiger partial charge in [0.2, 0.25) is 0 Å². The van der Waals surface area contributed by atoms with Crippen LogP contribution in [0.1, 0.15) is 24.0 Å². The lowest BCUT2D eigenvalue weighted by atomic mass is 9.99. The lowest BCUT2D eigenvalue weighted by Crippen LogP contribution is -2.39. The maximum absolute atomic E-state index is 2.64. The van der Waals surface area contributed by atoms with E-state index in [1.165, 1.54) is 63.0 Å². The van der Waals surface area contributed by atoms with Crippen LogP contribution in [0.2, 0.25) is 0 Å². The summed E-state index contributed by atoms with van der Waals surface area (Å²) in [4.78, 5) is 0. The Morgan fingerprint density at radius 3 is 1.46 bits per heavy atom. The minimum Gasteiger partial charge on any atom is -0.241 e. The fourth-order valence-electron chi connectivity index (χ4n) is 4.37. The van der Waals surface area contributed by atoms with Crippen molar-refractivity contribution >= 4 is 0 Å². The second-order valence-corrected chi connectivity index (χ2v) is 7.51. The molecule has 0 aromatic heterocycles. The number of nitrogens with zero attached hydrogens (tertiary/aromatic N) is 2. The van der Waals surface area contributed by atoms with Gasteiger partial charge in [-0.3, -0.25) is 0 Å². The second-order valence-electron chi connectivity index (χ2n) is 7.51. The molecule has 2 nitrogen and oxygen atoms in total. The van der Waals surface area contributed by atoms with Gasteiger partial charge < -0.3 is 0 Å². The molecule has 2 heterocycles. The van der Waals surface area contributed by atoms with E-state index in [2.05, 4.69) is 70.7 Å². The fraction of sp³-hybridized carbons (Fsp3) is 0.455. The van der Waals surface area contributed by atoms with Crippen LogP contribution in [0.5, 0.6) is 0 Å². The van der Waals surface area contributed by atoms with Gasteiger partial charge in [-0.15, -0.1) is 0 Å². The third-order valence-electron chi connectivity index (χ3n) is 5.66. The zero-order chi connectivity index (χ0) is 16.2. The predicted octanol–water partition coefficient (Wildman–Crippen LogP) is 4.03. The Balaban J connectivity index is 1.27. The standard InChI is InChI=1S/C22H28N2/c1-3-7-19(8-4-1)15-21-11-13-23(17-21)24-14-12-22(18-24)16-20-9-5-2-6-10-20/h1-10,21-22H,11-18H2. The van der Waals surface area contributed by atoms with E-state index in [0.29, 0.717) is 0 Å². The number of rotatable bonds is 5. The molecule has 0 N–H and O–H groups in total. The lowest BCUT2D eigenvalue weighted by Gasteiger charge is -2.28. The van der Waals surface area contributed by atoms with Crippen molar-refractivity contribution in [3.8, 4) is 0 Å². The van der Waals surface area contributed by atoms with Crippen molar-refractivity contribution in [3.63, 3.8) is 0 Å². The minimum atomic E-state index is 0.820. The highest BCUT2D eigenvalue weighted by Gasteiger charge is 2.31. The van der Waals surface area contributed by atoms with Gasteiger partial charge in [-0.05, 0) is 48.6 Å². The zero-order valence-corrected chi connectivity index (χ0v) is 14.5. The summed E-state index contributed by atoms with van der Waals surface area (Å²) in [5.41, 5.74) is 2.99. The quantitative estimate of drug-likeness (QED) is 0.820. The third kappa shape index (κ3) is 3.88. The van der Waals surface area contributed by atoms with Crippen LogP contribution in [0.3, 0.4) is 0 Å². The van der Waals surface area contributed by atoms with Crippen molar-refractivity contribution in [1.29, 1.82) is 0 Å². The summed E-state index contributed by atoms with van der Waals surface area (Å²) in [7, 11) is 0. The molecule has 2 aliphatic rings. The summed E-state index contributed by atoms with van der Waals surface area (Å²) < 4.78 is 0. The molecule has 0 bridgehead atoms. The third-order valence-corrected chi connectivity index (χ3v) is 5.66. The lowest BCUT2D eigenvalue weighted by molar-refractivity contribution is 0.0141. The molecule has 0 saturated carbocycles. The molecular weight excluding hydrogens is 292 g/mol. The van der Waals surface area contributed by atoms with Crippen molar-refractivity contribution in [1.82, 2.24) is 10.0 Å². The fourth-order valence-corrected chi connectivity index (χ4v) is 4.37. The van der Waals surface area contributed by atoms with Gasteiger partial charge in [0.1, 0.15) is 0 Å². The first-order valence-corrected chi connectivity index (χ1v) is 9.44. The van der Waals surface area contributed by atoms with Crippen LogP contribution < -0.4 is 0 Å². The topological polar surface area (TPSA) is 6.48 Å². The Morgan fingerprint density at radius 1 is 0.625 bits per heavy atom. The summed E-state index contributed by atoms with van der Waals surface area (Å²) in [5.74, 6) is 1.64. The van der Waals surface area contributed by atoms with Crippen LogP contribution in [-0.4, -0.2) is 36.2 Å². The average molecular weight is 320 g/mol. The summed E-state index contributed by atoms with van der Waals surface area (Å²) in [5, 5.41) is 5.28. The van der Waals surface area contributed by atoms with Gasteiger partial charge in [-0.25, -0.2) is 10.0 Å². The molecule has 2 aromatic carbocycles. The highest BCUT2D eigenvalue weighted by atomic mass is 15.6. The van der Waals surface area contributed by atoms with Crippen molar-refractivity contribution in [2.24, 2.45) is 11.8 Å². The number of hydrogen-bond acceptors (Lipinski definition) is 2. The molecule has 24 heavy (non-hydrogen) atoms. The molecule has 2 unspecified atom stereocenters. The molecule has 2 atom stereocenters. The number of hydrogen-bond donors (Lipinski definition) is 0. The highest BCUT2D eigenvalue weighted by Crippen LogP contribution is 2.27. The molecule has 2 heteroatoms. The largest absolute Gasteiger partial charge is 0.241 e. The van der Waals surface area contributed by atoms with Gasteiger partial charge in [0.05, 0.1) is 0 Å². The summed E-state index contributed by atoms with van der Waals surface area (Å²) in [6.07, 6.45) is 5.15. The van der Waals surface area contributed by atoms with Gasteiger partial charge in [-0.1, -0.05) is 60.7 Å². The molecular formula is C22H28N2. The zero-order valence-electron chi connectivity index (χ0n) is 14.5. The molecule has 0 amide bonds. The molecule has 2 aliphatic heterocycles. The number of benzene rings is 2. The van der Waals surface area contributed by atoms with Gasteiger partial charge in [0.15, 0.2) is 0 Å².